The second-order valence-corrected chi connectivity index (χ2v) is 15.7. The average Bonchev–Trinajstić information content (AvgIpc) is 3.98. The Kier molecular flexibility index (Phi) is 9.46. The van der Waals surface area contributed by atoms with E-state index >= 15 is 0 Å². The van der Waals surface area contributed by atoms with E-state index < -0.39 is 0 Å². The standard InChI is InChI=1S/C48H44N4O2.Pt/c1-27(2)34-11-9-12-35(28(3)4)44(34)32-25-50-52(26-32)33-16-18-41-39(24-33)46-43(54-41)20-19-42-45(46)38-23-31(15-17-40(38)53-42)48-49-21-22-51(48)47-36(29(5)6)13-10-14-37(47)30(7)8;/h9-22,25-30H,1-8H3;/q-2;+2. The molecule has 5 aromatic carbocycles. The summed E-state index contributed by atoms with van der Waals surface area (Å²) in [7, 11) is 0. The van der Waals surface area contributed by atoms with Crippen molar-refractivity contribution in [3.05, 3.63) is 132 Å². The summed E-state index contributed by atoms with van der Waals surface area (Å²) < 4.78 is 17.1. The molecule has 0 aliphatic heterocycles. The number of rotatable bonds is 8. The molecule has 0 fully saturated rings. The molecule has 6 nitrogen and oxygen atoms in total. The SMILES string of the molecule is CC(C)c1cccc(C(C)C)c1-c1cnn(-c2[c-]c3c(cc2)oc2ccc4oc5ccc(-c6nccn6-c6c(C(C)C)cccc6C(C)C)[c-]c5c4c23)c1.[Pt+2]. The van der Waals surface area contributed by atoms with Gasteiger partial charge in [0, 0.05) is 35.4 Å². The third-order valence-corrected chi connectivity index (χ3v) is 10.8. The molecule has 0 saturated carbocycles. The maximum Gasteiger partial charge on any atom is 2.00 e. The quantitative estimate of drug-likeness (QED) is 0.143. The zero-order chi connectivity index (χ0) is 37.4. The summed E-state index contributed by atoms with van der Waals surface area (Å²) >= 11 is 0. The van der Waals surface area contributed by atoms with Gasteiger partial charge in [-0.1, -0.05) is 120 Å². The van der Waals surface area contributed by atoms with Crippen molar-refractivity contribution in [2.75, 3.05) is 0 Å². The monoisotopic (exact) mass is 903 g/mol. The largest absolute Gasteiger partial charge is 2.00 e. The molecule has 9 aromatic rings. The molecule has 0 radical (unpaired) electrons. The minimum Gasteiger partial charge on any atom is -0.511 e. The number of fused-ring (bicyclic) bond motifs is 7. The zero-order valence-electron chi connectivity index (χ0n) is 32.5. The molecule has 0 N–H and O–H groups in total. The van der Waals surface area contributed by atoms with Crippen LogP contribution in [0.1, 0.15) is 101 Å². The van der Waals surface area contributed by atoms with Crippen LogP contribution in [0, 0.1) is 12.1 Å². The van der Waals surface area contributed by atoms with Crippen LogP contribution in [0.15, 0.2) is 106 Å². The molecule has 278 valence electrons. The molecule has 0 aliphatic rings. The summed E-state index contributed by atoms with van der Waals surface area (Å²) in [6.45, 7) is 18.0. The first-order valence-corrected chi connectivity index (χ1v) is 19.1. The summed E-state index contributed by atoms with van der Waals surface area (Å²) in [6.07, 6.45) is 8.05. The minimum absolute atomic E-state index is 0. The smallest absolute Gasteiger partial charge is 0.511 e. The Hall–Kier alpha value is -5.19. The molecule has 7 heteroatoms. The number of hydrogen-bond acceptors (Lipinski definition) is 4. The van der Waals surface area contributed by atoms with Gasteiger partial charge < -0.3 is 13.4 Å². The number of furan rings is 2. The van der Waals surface area contributed by atoms with Gasteiger partial charge in [-0.2, -0.15) is 5.10 Å². The molecule has 9 rings (SSSR count). The van der Waals surface area contributed by atoms with E-state index in [-0.39, 0.29) is 21.1 Å². The Morgan fingerprint density at radius 1 is 0.600 bits per heavy atom. The molecule has 0 amide bonds. The van der Waals surface area contributed by atoms with Crippen molar-refractivity contribution in [3.8, 4) is 33.9 Å². The van der Waals surface area contributed by atoms with Gasteiger partial charge >= 0.3 is 21.1 Å². The number of benzene rings is 5. The van der Waals surface area contributed by atoms with E-state index in [2.05, 4.69) is 127 Å². The first kappa shape index (κ1) is 36.8. The average molecular weight is 904 g/mol. The molecule has 0 unspecified atom stereocenters. The minimum atomic E-state index is 0. The summed E-state index contributed by atoms with van der Waals surface area (Å²) in [6, 6.07) is 32.8. The van der Waals surface area contributed by atoms with E-state index in [0.29, 0.717) is 23.7 Å². The molecule has 0 spiro atoms. The van der Waals surface area contributed by atoms with E-state index in [4.69, 9.17) is 18.9 Å². The second kappa shape index (κ2) is 14.1. The predicted molar refractivity (Wildman–Crippen MR) is 220 cm³/mol. The fourth-order valence-corrected chi connectivity index (χ4v) is 8.16. The van der Waals surface area contributed by atoms with Crippen molar-refractivity contribution >= 4 is 43.9 Å². The number of para-hydroxylation sites is 1. The Bertz CT molecular complexity index is 2810. The summed E-state index contributed by atoms with van der Waals surface area (Å²) in [4.78, 5) is 4.90. The van der Waals surface area contributed by atoms with Crippen molar-refractivity contribution in [3.63, 3.8) is 0 Å². The number of nitrogens with zero attached hydrogens (tertiary/aromatic N) is 4. The Labute approximate surface area is 336 Å². The molecule has 0 aliphatic carbocycles. The van der Waals surface area contributed by atoms with Gasteiger partial charge in [0.1, 0.15) is 0 Å². The number of aromatic nitrogens is 4. The molecular formula is C48H44N4O2Pt. The molecule has 0 bridgehead atoms. The van der Waals surface area contributed by atoms with Crippen LogP contribution < -0.4 is 0 Å². The van der Waals surface area contributed by atoms with Gasteiger partial charge in [0.05, 0.1) is 28.8 Å². The summed E-state index contributed by atoms with van der Waals surface area (Å²) in [5.41, 5.74) is 13.6. The Morgan fingerprint density at radius 3 is 1.71 bits per heavy atom. The van der Waals surface area contributed by atoms with Crippen LogP contribution in [0.4, 0.5) is 0 Å². The normalized spacial score (nSPS) is 12.1. The van der Waals surface area contributed by atoms with Crippen LogP contribution in [-0.4, -0.2) is 19.3 Å². The van der Waals surface area contributed by atoms with E-state index in [1.807, 2.05) is 47.4 Å². The van der Waals surface area contributed by atoms with Crippen LogP contribution in [0.25, 0.3) is 77.8 Å². The van der Waals surface area contributed by atoms with Gasteiger partial charge in [-0.05, 0) is 69.3 Å². The van der Waals surface area contributed by atoms with Crippen molar-refractivity contribution in [2.45, 2.75) is 79.1 Å². The Balaban J connectivity index is 0.00000427. The fraction of sp³-hybridized carbons (Fsp3) is 0.250. The molecular weight excluding hydrogens is 860 g/mol. The molecule has 0 saturated heterocycles. The first-order chi connectivity index (χ1) is 26.1. The van der Waals surface area contributed by atoms with Gasteiger partial charge in [-0.3, -0.25) is 9.67 Å². The fourth-order valence-electron chi connectivity index (χ4n) is 8.16. The third kappa shape index (κ3) is 6.06. The summed E-state index contributed by atoms with van der Waals surface area (Å²) in [5, 5.41) is 8.54. The van der Waals surface area contributed by atoms with Crippen molar-refractivity contribution < 1.29 is 29.9 Å². The predicted octanol–water partition coefficient (Wildman–Crippen LogP) is 13.3. The van der Waals surface area contributed by atoms with Gasteiger partial charge in [-0.15, -0.1) is 35.7 Å². The van der Waals surface area contributed by atoms with Crippen LogP contribution in [0.3, 0.4) is 0 Å². The Morgan fingerprint density at radius 2 is 1.13 bits per heavy atom. The van der Waals surface area contributed by atoms with Gasteiger partial charge in [0.15, 0.2) is 0 Å². The van der Waals surface area contributed by atoms with Crippen LogP contribution in [-0.2, 0) is 21.1 Å². The summed E-state index contributed by atoms with van der Waals surface area (Å²) in [5.74, 6) is 2.32. The number of imidazole rings is 1. The van der Waals surface area contributed by atoms with E-state index in [1.54, 1.807) is 0 Å². The van der Waals surface area contributed by atoms with Crippen molar-refractivity contribution in [1.82, 2.24) is 19.3 Å². The van der Waals surface area contributed by atoms with Crippen molar-refractivity contribution in [1.29, 1.82) is 0 Å². The molecule has 4 aromatic heterocycles. The van der Waals surface area contributed by atoms with Crippen LogP contribution >= 0.6 is 0 Å². The van der Waals surface area contributed by atoms with E-state index in [9.17, 15) is 0 Å². The van der Waals surface area contributed by atoms with E-state index in [1.165, 1.54) is 33.5 Å². The van der Waals surface area contributed by atoms with Crippen molar-refractivity contribution in [2.24, 2.45) is 0 Å². The maximum atomic E-state index is 6.46. The second-order valence-electron chi connectivity index (χ2n) is 15.7. The van der Waals surface area contributed by atoms with Crippen LogP contribution in [0.2, 0.25) is 0 Å². The maximum absolute atomic E-state index is 6.46. The van der Waals surface area contributed by atoms with E-state index in [0.717, 1.165) is 66.5 Å². The molecule has 55 heavy (non-hydrogen) atoms. The first-order valence-electron chi connectivity index (χ1n) is 19.1. The van der Waals surface area contributed by atoms with Gasteiger partial charge in [0.2, 0.25) is 0 Å². The topological polar surface area (TPSA) is 61.9 Å². The zero-order valence-corrected chi connectivity index (χ0v) is 34.7. The van der Waals surface area contributed by atoms with Crippen LogP contribution in [0.5, 0.6) is 0 Å². The van der Waals surface area contributed by atoms with Gasteiger partial charge in [0.25, 0.3) is 0 Å². The third-order valence-electron chi connectivity index (χ3n) is 10.8. The molecule has 4 heterocycles. The number of hydrogen-bond donors (Lipinski definition) is 0. The van der Waals surface area contributed by atoms with Gasteiger partial charge in [-0.25, -0.2) is 0 Å². The molecule has 0 atom stereocenters.